The van der Waals surface area contributed by atoms with Crippen LogP contribution in [0.3, 0.4) is 0 Å². The Labute approximate surface area is 97.3 Å². The van der Waals surface area contributed by atoms with Crippen LogP contribution in [-0.2, 0) is 9.53 Å². The van der Waals surface area contributed by atoms with E-state index in [4.69, 9.17) is 9.47 Å². The lowest BCUT2D eigenvalue weighted by atomic mass is 9.95. The molecule has 2 rings (SSSR count). The lowest BCUT2D eigenvalue weighted by molar-refractivity contribution is -0.141. The average molecular weight is 242 g/mol. The Kier molecular flexibility index (Phi) is 3.00. The zero-order chi connectivity index (χ0) is 12.6. The van der Waals surface area contributed by atoms with Crippen molar-refractivity contribution in [2.45, 2.75) is 25.4 Å². The average Bonchev–Trinajstić information content (AvgIpc) is 2.61. The molecule has 1 heterocycles. The molecule has 0 bridgehead atoms. The van der Waals surface area contributed by atoms with Crippen LogP contribution in [0.15, 0.2) is 12.1 Å². The SMILES string of the molecule is COc1c(C2CC(C)OC2=O)ccc(F)c1F. The van der Waals surface area contributed by atoms with E-state index in [0.29, 0.717) is 12.0 Å². The standard InChI is InChI=1S/C12H12F2O3/c1-6-5-8(12(15)17-6)7-3-4-9(13)10(14)11(7)16-2/h3-4,6,8H,5H2,1-2H3. The fourth-order valence-corrected chi connectivity index (χ4v) is 2.04. The predicted molar refractivity (Wildman–Crippen MR) is 55.8 cm³/mol. The zero-order valence-electron chi connectivity index (χ0n) is 9.50. The van der Waals surface area contributed by atoms with E-state index in [2.05, 4.69) is 0 Å². The Bertz CT molecular complexity index is 459. The molecular formula is C12H12F2O3. The van der Waals surface area contributed by atoms with Gasteiger partial charge in [-0.1, -0.05) is 6.07 Å². The molecule has 2 atom stereocenters. The highest BCUT2D eigenvalue weighted by molar-refractivity contribution is 5.81. The smallest absolute Gasteiger partial charge is 0.313 e. The first-order valence-electron chi connectivity index (χ1n) is 5.27. The van der Waals surface area contributed by atoms with Crippen LogP contribution in [0.1, 0.15) is 24.8 Å². The van der Waals surface area contributed by atoms with Crippen molar-refractivity contribution in [3.63, 3.8) is 0 Å². The van der Waals surface area contributed by atoms with Crippen LogP contribution in [-0.4, -0.2) is 19.2 Å². The number of carbonyl (C=O) groups excluding carboxylic acids is 1. The summed E-state index contributed by atoms with van der Waals surface area (Å²) < 4.78 is 36.3. The van der Waals surface area contributed by atoms with Gasteiger partial charge in [0.15, 0.2) is 11.6 Å². The molecule has 1 aromatic carbocycles. The number of rotatable bonds is 2. The van der Waals surface area contributed by atoms with Gasteiger partial charge in [0.1, 0.15) is 6.10 Å². The third kappa shape index (κ3) is 1.97. The topological polar surface area (TPSA) is 35.5 Å². The number of carbonyl (C=O) groups is 1. The maximum Gasteiger partial charge on any atom is 0.313 e. The lowest BCUT2D eigenvalue weighted by Gasteiger charge is -2.12. The molecule has 1 fully saturated rings. The first kappa shape index (κ1) is 11.8. The molecule has 0 aliphatic carbocycles. The van der Waals surface area contributed by atoms with E-state index in [-0.39, 0.29) is 11.9 Å². The molecule has 1 aliphatic rings. The van der Waals surface area contributed by atoms with Gasteiger partial charge in [0.05, 0.1) is 13.0 Å². The number of hydrogen-bond donors (Lipinski definition) is 0. The van der Waals surface area contributed by atoms with Crippen molar-refractivity contribution in [2.24, 2.45) is 0 Å². The molecule has 1 saturated heterocycles. The largest absolute Gasteiger partial charge is 0.493 e. The van der Waals surface area contributed by atoms with Gasteiger partial charge in [-0.3, -0.25) is 4.79 Å². The van der Waals surface area contributed by atoms with Crippen LogP contribution in [0, 0.1) is 11.6 Å². The molecule has 0 radical (unpaired) electrons. The number of hydrogen-bond acceptors (Lipinski definition) is 3. The van der Waals surface area contributed by atoms with E-state index in [1.54, 1.807) is 6.92 Å². The molecule has 5 heteroatoms. The minimum Gasteiger partial charge on any atom is -0.493 e. The van der Waals surface area contributed by atoms with Crippen LogP contribution < -0.4 is 4.74 Å². The number of methoxy groups -OCH3 is 1. The predicted octanol–water partition coefficient (Wildman–Crippen LogP) is 2.39. The first-order chi connectivity index (χ1) is 8.04. The number of cyclic esters (lactones) is 1. The summed E-state index contributed by atoms with van der Waals surface area (Å²) >= 11 is 0. The Morgan fingerprint density at radius 3 is 2.65 bits per heavy atom. The van der Waals surface area contributed by atoms with Crippen LogP contribution in [0.5, 0.6) is 5.75 Å². The van der Waals surface area contributed by atoms with E-state index in [9.17, 15) is 13.6 Å². The molecule has 17 heavy (non-hydrogen) atoms. The minimum atomic E-state index is -1.07. The van der Waals surface area contributed by atoms with Gasteiger partial charge < -0.3 is 9.47 Å². The second-order valence-corrected chi connectivity index (χ2v) is 4.02. The Morgan fingerprint density at radius 1 is 1.41 bits per heavy atom. The lowest BCUT2D eigenvalue weighted by Crippen LogP contribution is -2.09. The molecule has 3 nitrogen and oxygen atoms in total. The van der Waals surface area contributed by atoms with Crippen LogP contribution in [0.25, 0.3) is 0 Å². The van der Waals surface area contributed by atoms with Crippen molar-refractivity contribution in [3.05, 3.63) is 29.3 Å². The second kappa shape index (κ2) is 4.31. The van der Waals surface area contributed by atoms with Gasteiger partial charge in [-0.25, -0.2) is 4.39 Å². The highest BCUT2D eigenvalue weighted by Crippen LogP contribution is 2.37. The highest BCUT2D eigenvalue weighted by atomic mass is 19.2. The van der Waals surface area contributed by atoms with Gasteiger partial charge in [-0.2, -0.15) is 4.39 Å². The third-order valence-corrected chi connectivity index (χ3v) is 2.83. The van der Waals surface area contributed by atoms with Gasteiger partial charge in [0.2, 0.25) is 5.82 Å². The third-order valence-electron chi connectivity index (χ3n) is 2.83. The van der Waals surface area contributed by atoms with Crippen molar-refractivity contribution < 1.29 is 23.0 Å². The zero-order valence-corrected chi connectivity index (χ0v) is 9.50. The molecule has 0 saturated carbocycles. The van der Waals surface area contributed by atoms with E-state index in [1.807, 2.05) is 0 Å². The Balaban J connectivity index is 2.45. The molecule has 0 N–H and O–H groups in total. The van der Waals surface area contributed by atoms with E-state index >= 15 is 0 Å². The van der Waals surface area contributed by atoms with Crippen LogP contribution in [0.2, 0.25) is 0 Å². The molecule has 1 aromatic rings. The first-order valence-corrected chi connectivity index (χ1v) is 5.27. The highest BCUT2D eigenvalue weighted by Gasteiger charge is 2.36. The quantitative estimate of drug-likeness (QED) is 0.747. The normalized spacial score (nSPS) is 23.6. The summed E-state index contributed by atoms with van der Waals surface area (Å²) in [6, 6.07) is 2.35. The van der Waals surface area contributed by atoms with Crippen LogP contribution in [0.4, 0.5) is 8.78 Å². The van der Waals surface area contributed by atoms with E-state index < -0.39 is 23.5 Å². The molecule has 0 amide bonds. The summed E-state index contributed by atoms with van der Waals surface area (Å²) in [4.78, 5) is 11.6. The number of benzene rings is 1. The van der Waals surface area contributed by atoms with Crippen molar-refractivity contribution in [2.75, 3.05) is 7.11 Å². The van der Waals surface area contributed by atoms with Gasteiger partial charge in [0, 0.05) is 12.0 Å². The van der Waals surface area contributed by atoms with Crippen molar-refractivity contribution in [1.29, 1.82) is 0 Å². The number of esters is 1. The summed E-state index contributed by atoms with van der Waals surface area (Å²) in [6.45, 7) is 1.75. The Hall–Kier alpha value is -1.65. The summed E-state index contributed by atoms with van der Waals surface area (Å²) in [5, 5.41) is 0. The molecule has 2 unspecified atom stereocenters. The van der Waals surface area contributed by atoms with E-state index in [1.165, 1.54) is 13.2 Å². The maximum atomic E-state index is 13.5. The molecule has 92 valence electrons. The fourth-order valence-electron chi connectivity index (χ4n) is 2.04. The summed E-state index contributed by atoms with van der Waals surface area (Å²) in [5.74, 6) is -3.31. The minimum absolute atomic E-state index is 0.217. The van der Waals surface area contributed by atoms with Crippen LogP contribution >= 0.6 is 0 Å². The fraction of sp³-hybridized carbons (Fsp3) is 0.417. The van der Waals surface area contributed by atoms with Crippen molar-refractivity contribution in [3.8, 4) is 5.75 Å². The molecule has 0 spiro atoms. The number of ether oxygens (including phenoxy) is 2. The molecule has 1 aliphatic heterocycles. The number of halogens is 2. The molecule has 0 aromatic heterocycles. The van der Waals surface area contributed by atoms with Gasteiger partial charge in [-0.15, -0.1) is 0 Å². The monoisotopic (exact) mass is 242 g/mol. The maximum absolute atomic E-state index is 13.5. The van der Waals surface area contributed by atoms with Crippen molar-refractivity contribution >= 4 is 5.97 Å². The van der Waals surface area contributed by atoms with Crippen molar-refractivity contribution in [1.82, 2.24) is 0 Å². The summed E-state index contributed by atoms with van der Waals surface area (Å²) in [5.41, 5.74) is 0.334. The van der Waals surface area contributed by atoms with Gasteiger partial charge in [0.25, 0.3) is 0 Å². The van der Waals surface area contributed by atoms with E-state index in [0.717, 1.165) is 6.07 Å². The Morgan fingerprint density at radius 2 is 2.12 bits per heavy atom. The van der Waals surface area contributed by atoms with Gasteiger partial charge >= 0.3 is 5.97 Å². The van der Waals surface area contributed by atoms with Gasteiger partial charge in [-0.05, 0) is 13.0 Å². The summed E-state index contributed by atoms with van der Waals surface area (Å²) in [6.07, 6.45) is 0.227. The summed E-state index contributed by atoms with van der Waals surface area (Å²) in [7, 11) is 1.24. The second-order valence-electron chi connectivity index (χ2n) is 4.02. The molecular weight excluding hydrogens is 230 g/mol.